The first kappa shape index (κ1) is 12.1. The van der Waals surface area contributed by atoms with Crippen LogP contribution in [0.25, 0.3) is 0 Å². The van der Waals surface area contributed by atoms with Crippen molar-refractivity contribution in [1.29, 1.82) is 0 Å². The van der Waals surface area contributed by atoms with E-state index in [1.807, 2.05) is 19.1 Å². The van der Waals surface area contributed by atoms with E-state index in [-0.39, 0.29) is 11.8 Å². The van der Waals surface area contributed by atoms with Crippen molar-refractivity contribution in [2.45, 2.75) is 19.8 Å². The first-order chi connectivity index (χ1) is 8.22. The summed E-state index contributed by atoms with van der Waals surface area (Å²) in [6.07, 6.45) is 1.93. The molecule has 1 aromatic rings. The normalized spacial score (nSPS) is 20.0. The minimum atomic E-state index is 0.0581. The monoisotopic (exact) mass is 233 g/mol. The third-order valence-electron chi connectivity index (χ3n) is 3.04. The van der Waals surface area contributed by atoms with Crippen LogP contribution in [-0.2, 0) is 11.2 Å². The average molecular weight is 233 g/mol. The summed E-state index contributed by atoms with van der Waals surface area (Å²) < 4.78 is 0. The maximum atomic E-state index is 11.9. The Hall–Kier alpha value is -1.39. The van der Waals surface area contributed by atoms with Gasteiger partial charge in [0.1, 0.15) is 0 Å². The Morgan fingerprint density at radius 3 is 3.00 bits per heavy atom. The van der Waals surface area contributed by atoms with E-state index in [9.17, 15) is 4.79 Å². The second-order valence-electron chi connectivity index (χ2n) is 4.50. The van der Waals surface area contributed by atoms with Gasteiger partial charge in [-0.05, 0) is 37.1 Å². The van der Waals surface area contributed by atoms with E-state index in [1.165, 1.54) is 5.56 Å². The van der Waals surface area contributed by atoms with Gasteiger partial charge >= 0.3 is 0 Å². The van der Waals surface area contributed by atoms with Gasteiger partial charge in [0.2, 0.25) is 5.91 Å². The Balaban J connectivity index is 2.13. The minimum Gasteiger partial charge on any atom is -0.330 e. The SMILES string of the molecule is CC1CNN(c2cccc(CCCN)c2)C1=O. The lowest BCUT2D eigenvalue weighted by Gasteiger charge is -2.17. The number of hydrogen-bond acceptors (Lipinski definition) is 3. The number of nitrogens with zero attached hydrogens (tertiary/aromatic N) is 1. The Morgan fingerprint density at radius 2 is 2.35 bits per heavy atom. The van der Waals surface area contributed by atoms with Crippen molar-refractivity contribution in [1.82, 2.24) is 5.43 Å². The van der Waals surface area contributed by atoms with Gasteiger partial charge in [0.15, 0.2) is 0 Å². The molecule has 1 fully saturated rings. The van der Waals surface area contributed by atoms with Crippen molar-refractivity contribution in [2.24, 2.45) is 11.7 Å². The van der Waals surface area contributed by atoms with Crippen LogP contribution in [0, 0.1) is 5.92 Å². The number of nitrogens with one attached hydrogen (secondary N) is 1. The highest BCUT2D eigenvalue weighted by atomic mass is 16.2. The van der Waals surface area contributed by atoms with Crippen LogP contribution in [0.4, 0.5) is 5.69 Å². The standard InChI is InChI=1S/C13H19N3O/c1-10-9-15-16(13(10)17)12-6-2-4-11(8-12)5-3-7-14/h2,4,6,8,10,15H,3,5,7,9,14H2,1H3. The van der Waals surface area contributed by atoms with Gasteiger partial charge in [-0.3, -0.25) is 4.79 Å². The van der Waals surface area contributed by atoms with Gasteiger partial charge < -0.3 is 5.73 Å². The van der Waals surface area contributed by atoms with Crippen molar-refractivity contribution >= 4 is 11.6 Å². The average Bonchev–Trinajstić information content (AvgIpc) is 2.68. The van der Waals surface area contributed by atoms with Gasteiger partial charge in [0.25, 0.3) is 0 Å². The Bertz CT molecular complexity index is 405. The fourth-order valence-corrected chi connectivity index (χ4v) is 1.99. The summed E-state index contributed by atoms with van der Waals surface area (Å²) >= 11 is 0. The van der Waals surface area contributed by atoms with Gasteiger partial charge in [-0.25, -0.2) is 10.4 Å². The number of hydrogen-bond donors (Lipinski definition) is 2. The zero-order valence-electron chi connectivity index (χ0n) is 10.1. The molecule has 0 radical (unpaired) electrons. The summed E-state index contributed by atoms with van der Waals surface area (Å²) in [5.41, 5.74) is 10.8. The largest absolute Gasteiger partial charge is 0.330 e. The molecular weight excluding hydrogens is 214 g/mol. The Kier molecular flexibility index (Phi) is 3.76. The molecule has 0 bridgehead atoms. The van der Waals surface area contributed by atoms with E-state index in [1.54, 1.807) is 5.01 Å². The molecular formula is C13H19N3O. The number of rotatable bonds is 4. The maximum absolute atomic E-state index is 11.9. The molecule has 1 aliphatic heterocycles. The number of aryl methyl sites for hydroxylation is 1. The molecule has 1 aromatic carbocycles. The quantitative estimate of drug-likeness (QED) is 0.817. The number of hydrazine groups is 1. The zero-order valence-corrected chi connectivity index (χ0v) is 10.1. The topological polar surface area (TPSA) is 58.4 Å². The van der Waals surface area contributed by atoms with E-state index in [0.717, 1.165) is 18.5 Å². The third kappa shape index (κ3) is 2.65. The molecule has 4 heteroatoms. The van der Waals surface area contributed by atoms with Crippen molar-refractivity contribution in [2.75, 3.05) is 18.1 Å². The molecule has 0 aliphatic carbocycles. The van der Waals surface area contributed by atoms with Crippen LogP contribution < -0.4 is 16.2 Å². The molecule has 17 heavy (non-hydrogen) atoms. The van der Waals surface area contributed by atoms with E-state index >= 15 is 0 Å². The molecule has 0 saturated carbocycles. The van der Waals surface area contributed by atoms with Crippen LogP contribution in [0.5, 0.6) is 0 Å². The second-order valence-corrected chi connectivity index (χ2v) is 4.50. The van der Waals surface area contributed by atoms with Gasteiger partial charge in [-0.1, -0.05) is 19.1 Å². The summed E-state index contributed by atoms with van der Waals surface area (Å²) in [6, 6.07) is 8.07. The maximum Gasteiger partial charge on any atom is 0.245 e. The van der Waals surface area contributed by atoms with E-state index in [2.05, 4.69) is 17.6 Å². The highest BCUT2D eigenvalue weighted by Crippen LogP contribution is 2.20. The molecule has 1 amide bonds. The third-order valence-corrected chi connectivity index (χ3v) is 3.04. The van der Waals surface area contributed by atoms with Crippen LogP contribution in [0.15, 0.2) is 24.3 Å². The smallest absolute Gasteiger partial charge is 0.245 e. The van der Waals surface area contributed by atoms with Gasteiger partial charge in [0.05, 0.1) is 11.6 Å². The van der Waals surface area contributed by atoms with E-state index in [4.69, 9.17) is 5.73 Å². The summed E-state index contributed by atoms with van der Waals surface area (Å²) in [6.45, 7) is 3.35. The number of carbonyl (C=O) groups excluding carboxylic acids is 1. The van der Waals surface area contributed by atoms with Crippen molar-refractivity contribution in [3.8, 4) is 0 Å². The van der Waals surface area contributed by atoms with Crippen LogP contribution >= 0.6 is 0 Å². The first-order valence-electron chi connectivity index (χ1n) is 6.09. The predicted octanol–water partition coefficient (Wildman–Crippen LogP) is 1.07. The lowest BCUT2D eigenvalue weighted by atomic mass is 10.1. The number of anilines is 1. The van der Waals surface area contributed by atoms with Crippen molar-refractivity contribution in [3.63, 3.8) is 0 Å². The molecule has 1 heterocycles. The molecule has 1 aliphatic rings. The second kappa shape index (κ2) is 5.29. The van der Waals surface area contributed by atoms with Gasteiger partial charge in [-0.2, -0.15) is 0 Å². The molecule has 92 valence electrons. The lowest BCUT2D eigenvalue weighted by Crippen LogP contribution is -2.34. The molecule has 1 atom stereocenters. The minimum absolute atomic E-state index is 0.0581. The molecule has 4 nitrogen and oxygen atoms in total. The van der Waals surface area contributed by atoms with E-state index < -0.39 is 0 Å². The Labute approximate surface area is 102 Å². The number of amides is 1. The number of benzene rings is 1. The summed E-state index contributed by atoms with van der Waals surface area (Å²) in [5.74, 6) is 0.198. The number of nitrogens with two attached hydrogens (primary N) is 1. The highest BCUT2D eigenvalue weighted by molar-refractivity contribution is 5.96. The molecule has 1 saturated heterocycles. The molecule has 1 unspecified atom stereocenters. The van der Waals surface area contributed by atoms with Crippen LogP contribution in [0.2, 0.25) is 0 Å². The zero-order chi connectivity index (χ0) is 12.3. The first-order valence-corrected chi connectivity index (χ1v) is 6.09. The number of carbonyl (C=O) groups is 1. The van der Waals surface area contributed by atoms with Crippen LogP contribution in [0.3, 0.4) is 0 Å². The fourth-order valence-electron chi connectivity index (χ4n) is 1.99. The van der Waals surface area contributed by atoms with Gasteiger partial charge in [0, 0.05) is 6.54 Å². The van der Waals surface area contributed by atoms with Crippen LogP contribution in [0.1, 0.15) is 18.9 Å². The van der Waals surface area contributed by atoms with E-state index in [0.29, 0.717) is 13.1 Å². The summed E-state index contributed by atoms with van der Waals surface area (Å²) in [5, 5.41) is 1.65. The summed E-state index contributed by atoms with van der Waals surface area (Å²) in [4.78, 5) is 11.9. The predicted molar refractivity (Wildman–Crippen MR) is 68.5 cm³/mol. The molecule has 3 N–H and O–H groups in total. The van der Waals surface area contributed by atoms with Crippen molar-refractivity contribution < 1.29 is 4.79 Å². The molecule has 0 spiro atoms. The van der Waals surface area contributed by atoms with Gasteiger partial charge in [-0.15, -0.1) is 0 Å². The highest BCUT2D eigenvalue weighted by Gasteiger charge is 2.28. The van der Waals surface area contributed by atoms with Crippen molar-refractivity contribution in [3.05, 3.63) is 29.8 Å². The molecule has 0 aromatic heterocycles. The lowest BCUT2D eigenvalue weighted by molar-refractivity contribution is -0.119. The van der Waals surface area contributed by atoms with Crippen LogP contribution in [-0.4, -0.2) is 19.0 Å². The Morgan fingerprint density at radius 1 is 1.53 bits per heavy atom. The molecule has 2 rings (SSSR count). The fraction of sp³-hybridized carbons (Fsp3) is 0.462. The summed E-state index contributed by atoms with van der Waals surface area (Å²) in [7, 11) is 0.